The summed E-state index contributed by atoms with van der Waals surface area (Å²) >= 11 is 5.90. The zero-order valence-electron chi connectivity index (χ0n) is 10.4. The molecule has 2 rings (SSSR count). The lowest BCUT2D eigenvalue weighted by molar-refractivity contribution is 0.0785. The third kappa shape index (κ3) is 3.45. The van der Waals surface area contributed by atoms with Crippen LogP contribution in [0.2, 0.25) is 5.02 Å². The first-order chi connectivity index (χ1) is 9.06. The first-order valence-electron chi connectivity index (χ1n) is 5.75. The van der Waals surface area contributed by atoms with Crippen molar-refractivity contribution in [2.45, 2.75) is 6.54 Å². The standard InChI is InChI=1S/C14H13ClN2O2/c1-17(9-10-3-2-4-12(15)7-10)14(19)11-5-6-16-13(18)8-11/h2-8H,9H2,1H3,(H,16,18). The van der Waals surface area contributed by atoms with E-state index in [2.05, 4.69) is 4.98 Å². The first kappa shape index (κ1) is 13.4. The van der Waals surface area contributed by atoms with Crippen LogP contribution >= 0.6 is 11.6 Å². The molecule has 0 saturated heterocycles. The highest BCUT2D eigenvalue weighted by Gasteiger charge is 2.12. The van der Waals surface area contributed by atoms with Crippen LogP contribution in [-0.2, 0) is 6.54 Å². The Morgan fingerprint density at radius 1 is 1.32 bits per heavy atom. The van der Waals surface area contributed by atoms with Gasteiger partial charge in [-0.05, 0) is 23.8 Å². The SMILES string of the molecule is CN(Cc1cccc(Cl)c1)C(=O)c1cc[nH]c(=O)c1. The van der Waals surface area contributed by atoms with Crippen molar-refractivity contribution in [2.75, 3.05) is 7.05 Å². The van der Waals surface area contributed by atoms with Crippen LogP contribution in [0.3, 0.4) is 0 Å². The fourth-order valence-corrected chi connectivity index (χ4v) is 1.99. The summed E-state index contributed by atoms with van der Waals surface area (Å²) in [5.41, 5.74) is 1.02. The number of hydrogen-bond acceptors (Lipinski definition) is 2. The average Bonchev–Trinajstić information content (AvgIpc) is 2.38. The second kappa shape index (κ2) is 5.71. The smallest absolute Gasteiger partial charge is 0.254 e. The van der Waals surface area contributed by atoms with Crippen LogP contribution in [-0.4, -0.2) is 22.8 Å². The van der Waals surface area contributed by atoms with Gasteiger partial charge in [0.2, 0.25) is 5.56 Å². The molecule has 98 valence electrons. The van der Waals surface area contributed by atoms with Gasteiger partial charge in [0, 0.05) is 36.4 Å². The van der Waals surface area contributed by atoms with Crippen molar-refractivity contribution >= 4 is 17.5 Å². The lowest BCUT2D eigenvalue weighted by atomic mass is 10.2. The van der Waals surface area contributed by atoms with Crippen molar-refractivity contribution in [3.05, 3.63) is 69.1 Å². The number of rotatable bonds is 3. The fourth-order valence-electron chi connectivity index (χ4n) is 1.78. The van der Waals surface area contributed by atoms with Gasteiger partial charge < -0.3 is 9.88 Å². The normalized spacial score (nSPS) is 10.2. The summed E-state index contributed by atoms with van der Waals surface area (Å²) in [6, 6.07) is 10.2. The maximum Gasteiger partial charge on any atom is 0.254 e. The number of hydrogen-bond donors (Lipinski definition) is 1. The number of nitrogens with one attached hydrogen (secondary N) is 1. The molecular formula is C14H13ClN2O2. The molecule has 5 heteroatoms. The zero-order valence-corrected chi connectivity index (χ0v) is 11.1. The zero-order chi connectivity index (χ0) is 13.8. The van der Waals surface area contributed by atoms with Crippen LogP contribution in [0.15, 0.2) is 47.4 Å². The van der Waals surface area contributed by atoms with Crippen LogP contribution in [0.1, 0.15) is 15.9 Å². The third-order valence-corrected chi connectivity index (χ3v) is 2.91. The molecule has 0 spiro atoms. The number of carbonyl (C=O) groups is 1. The Kier molecular flexibility index (Phi) is 4.02. The Morgan fingerprint density at radius 3 is 2.79 bits per heavy atom. The van der Waals surface area contributed by atoms with Gasteiger partial charge >= 0.3 is 0 Å². The van der Waals surface area contributed by atoms with Crippen molar-refractivity contribution in [3.8, 4) is 0 Å². The summed E-state index contributed by atoms with van der Waals surface area (Å²) in [5.74, 6) is -0.203. The number of carbonyl (C=O) groups excluding carboxylic acids is 1. The van der Waals surface area contributed by atoms with Gasteiger partial charge in [0.05, 0.1) is 0 Å². The molecule has 1 aromatic heterocycles. The predicted molar refractivity (Wildman–Crippen MR) is 74.3 cm³/mol. The molecular weight excluding hydrogens is 264 g/mol. The maximum atomic E-state index is 12.1. The Labute approximate surface area is 115 Å². The molecule has 0 bridgehead atoms. The van der Waals surface area contributed by atoms with Gasteiger partial charge in [-0.3, -0.25) is 9.59 Å². The maximum absolute atomic E-state index is 12.1. The van der Waals surface area contributed by atoms with Crippen molar-refractivity contribution in [1.29, 1.82) is 0 Å². The van der Waals surface area contributed by atoms with Gasteiger partial charge in [-0.1, -0.05) is 23.7 Å². The van der Waals surface area contributed by atoms with E-state index in [0.717, 1.165) is 5.56 Å². The summed E-state index contributed by atoms with van der Waals surface area (Å²) < 4.78 is 0. The second-order valence-corrected chi connectivity index (χ2v) is 4.67. The first-order valence-corrected chi connectivity index (χ1v) is 6.13. The van der Waals surface area contributed by atoms with Gasteiger partial charge in [-0.2, -0.15) is 0 Å². The summed E-state index contributed by atoms with van der Waals surface area (Å²) in [6.45, 7) is 0.437. The highest BCUT2D eigenvalue weighted by atomic mass is 35.5. The van der Waals surface area contributed by atoms with Gasteiger partial charge in [-0.25, -0.2) is 0 Å². The molecule has 2 aromatic rings. The van der Waals surface area contributed by atoms with Gasteiger partial charge in [0.15, 0.2) is 0 Å². The summed E-state index contributed by atoms with van der Waals surface area (Å²) in [7, 11) is 1.68. The van der Waals surface area contributed by atoms with E-state index in [0.29, 0.717) is 17.1 Å². The molecule has 0 fully saturated rings. The van der Waals surface area contributed by atoms with Crippen molar-refractivity contribution < 1.29 is 4.79 Å². The molecule has 1 heterocycles. The fraction of sp³-hybridized carbons (Fsp3) is 0.143. The number of aromatic nitrogens is 1. The summed E-state index contributed by atoms with van der Waals surface area (Å²) in [4.78, 5) is 27.3. The highest BCUT2D eigenvalue weighted by Crippen LogP contribution is 2.13. The van der Waals surface area contributed by atoms with E-state index in [4.69, 9.17) is 11.6 Å². The lowest BCUT2D eigenvalue weighted by Crippen LogP contribution is -2.27. The van der Waals surface area contributed by atoms with E-state index in [1.807, 2.05) is 18.2 Å². The number of pyridine rings is 1. The minimum atomic E-state index is -0.290. The average molecular weight is 277 g/mol. The van der Waals surface area contributed by atoms with Crippen LogP contribution < -0.4 is 5.56 Å². The Morgan fingerprint density at radius 2 is 2.11 bits per heavy atom. The number of amides is 1. The molecule has 19 heavy (non-hydrogen) atoms. The van der Waals surface area contributed by atoms with Crippen molar-refractivity contribution in [1.82, 2.24) is 9.88 Å². The molecule has 0 unspecified atom stereocenters. The van der Waals surface area contributed by atoms with E-state index in [9.17, 15) is 9.59 Å². The van der Waals surface area contributed by atoms with Gasteiger partial charge in [0.1, 0.15) is 0 Å². The van der Waals surface area contributed by atoms with Crippen LogP contribution in [0.25, 0.3) is 0 Å². The number of aromatic amines is 1. The number of benzene rings is 1. The van der Waals surface area contributed by atoms with E-state index in [1.54, 1.807) is 24.1 Å². The highest BCUT2D eigenvalue weighted by molar-refractivity contribution is 6.30. The lowest BCUT2D eigenvalue weighted by Gasteiger charge is -2.17. The minimum Gasteiger partial charge on any atom is -0.337 e. The monoisotopic (exact) mass is 276 g/mol. The van der Waals surface area contributed by atoms with Crippen LogP contribution in [0, 0.1) is 0 Å². The molecule has 0 atom stereocenters. The molecule has 1 amide bonds. The van der Waals surface area contributed by atoms with Crippen LogP contribution in [0.4, 0.5) is 0 Å². The van der Waals surface area contributed by atoms with Crippen molar-refractivity contribution in [2.24, 2.45) is 0 Å². The third-order valence-electron chi connectivity index (χ3n) is 2.68. The number of halogens is 1. The van der Waals surface area contributed by atoms with E-state index < -0.39 is 0 Å². The molecule has 0 saturated carbocycles. The van der Waals surface area contributed by atoms with Gasteiger partial charge in [0.25, 0.3) is 5.91 Å². The minimum absolute atomic E-state index is 0.203. The van der Waals surface area contributed by atoms with E-state index >= 15 is 0 Å². The largest absolute Gasteiger partial charge is 0.337 e. The number of H-pyrrole nitrogens is 1. The summed E-state index contributed by atoms with van der Waals surface area (Å²) in [5, 5.41) is 0.634. The second-order valence-electron chi connectivity index (χ2n) is 4.23. The molecule has 0 aliphatic carbocycles. The quantitative estimate of drug-likeness (QED) is 0.935. The van der Waals surface area contributed by atoms with Crippen LogP contribution in [0.5, 0.6) is 0 Å². The van der Waals surface area contributed by atoms with E-state index in [-0.39, 0.29) is 11.5 Å². The van der Waals surface area contributed by atoms with Gasteiger partial charge in [-0.15, -0.1) is 0 Å². The molecule has 1 aromatic carbocycles. The predicted octanol–water partition coefficient (Wildman–Crippen LogP) is 2.30. The Hall–Kier alpha value is -2.07. The Balaban J connectivity index is 2.14. The number of nitrogens with zero attached hydrogens (tertiary/aromatic N) is 1. The molecule has 0 aliphatic rings. The molecule has 4 nitrogen and oxygen atoms in total. The Bertz CT molecular complexity index is 652. The molecule has 0 radical (unpaired) electrons. The summed E-state index contributed by atoms with van der Waals surface area (Å²) in [6.07, 6.45) is 1.46. The van der Waals surface area contributed by atoms with E-state index in [1.165, 1.54) is 12.3 Å². The topological polar surface area (TPSA) is 53.2 Å². The van der Waals surface area contributed by atoms with Crippen molar-refractivity contribution in [3.63, 3.8) is 0 Å². The molecule has 1 N–H and O–H groups in total. The molecule has 0 aliphatic heterocycles.